The van der Waals surface area contributed by atoms with Crippen LogP contribution in [0.1, 0.15) is 72.1 Å². The Morgan fingerprint density at radius 2 is 1.31 bits per heavy atom. The zero-order valence-electron chi connectivity index (χ0n) is 9.73. The number of unbranched alkanes of at least 4 members (excludes halogenated alkanes) is 6. The van der Waals surface area contributed by atoms with Crippen LogP contribution >= 0.6 is 0 Å². The average Bonchev–Trinajstić information content (AvgIpc) is 2.01. The molecule has 0 bridgehead atoms. The molecule has 0 aliphatic rings. The van der Waals surface area contributed by atoms with Crippen LogP contribution in [0.3, 0.4) is 0 Å². The van der Waals surface area contributed by atoms with Gasteiger partial charge in [0.1, 0.15) is 0 Å². The van der Waals surface area contributed by atoms with Crippen molar-refractivity contribution in [1.29, 1.82) is 0 Å². The topological polar surface area (TPSA) is 0 Å². The van der Waals surface area contributed by atoms with E-state index >= 15 is 0 Å². The maximum absolute atomic E-state index is 2.37. The van der Waals surface area contributed by atoms with Gasteiger partial charge in [-0.25, -0.2) is 0 Å². The Labute approximate surface area is 93.4 Å². The predicted octanol–water partition coefficient (Wildman–Crippen LogP) is 3.96. The second kappa shape index (κ2) is 7.92. The monoisotopic (exact) mass is 246 g/mol. The molecular formula is C12H27As. The van der Waals surface area contributed by atoms with Gasteiger partial charge in [-0.05, 0) is 0 Å². The van der Waals surface area contributed by atoms with Crippen molar-refractivity contribution in [2.24, 2.45) is 0 Å². The summed E-state index contributed by atoms with van der Waals surface area (Å²) in [5.41, 5.74) is 0. The van der Waals surface area contributed by atoms with Crippen LogP contribution in [0.2, 0.25) is 4.20 Å². The molecule has 0 aromatic carbocycles. The fourth-order valence-corrected chi connectivity index (χ4v) is 1.97. The summed E-state index contributed by atoms with van der Waals surface area (Å²) in [6, 6.07) is 0. The Morgan fingerprint density at radius 3 is 1.77 bits per heavy atom. The van der Waals surface area contributed by atoms with E-state index < -0.39 is 0 Å². The summed E-state index contributed by atoms with van der Waals surface area (Å²) in [7, 11) is 0. The predicted molar refractivity (Wildman–Crippen MR) is 65.2 cm³/mol. The molecule has 0 spiro atoms. The first-order chi connectivity index (χ1) is 6.06. The molecule has 1 unspecified atom stereocenters. The van der Waals surface area contributed by atoms with Crippen molar-refractivity contribution in [1.82, 2.24) is 0 Å². The molecule has 1 heteroatoms. The van der Waals surface area contributed by atoms with Gasteiger partial charge in [0, 0.05) is 0 Å². The van der Waals surface area contributed by atoms with Gasteiger partial charge in [-0.2, -0.15) is 0 Å². The summed E-state index contributed by atoms with van der Waals surface area (Å²) in [4.78, 5) is 0. The molecule has 1 atom stereocenters. The third kappa shape index (κ3) is 12.6. The maximum atomic E-state index is 2.37. The van der Waals surface area contributed by atoms with Crippen LogP contribution in [0.25, 0.3) is 0 Å². The standard InChI is InChI=1S/C12H27As/c1-4-5-6-7-8-9-10-11-12(2,3)13/h4-11,13H2,1-3H3. The summed E-state index contributed by atoms with van der Waals surface area (Å²) >= 11 is 1.89. The van der Waals surface area contributed by atoms with Crippen LogP contribution in [-0.4, -0.2) is 16.9 Å². The molecule has 80 valence electrons. The van der Waals surface area contributed by atoms with Crippen molar-refractivity contribution >= 4 is 16.9 Å². The van der Waals surface area contributed by atoms with Crippen LogP contribution in [0.15, 0.2) is 0 Å². The van der Waals surface area contributed by atoms with Crippen molar-refractivity contribution in [3.8, 4) is 0 Å². The second-order valence-corrected chi connectivity index (χ2v) is 8.14. The Kier molecular flexibility index (Phi) is 8.26. The van der Waals surface area contributed by atoms with Gasteiger partial charge in [-0.1, -0.05) is 0 Å². The summed E-state index contributed by atoms with van der Waals surface area (Å²) in [6.45, 7) is 7.01. The van der Waals surface area contributed by atoms with Crippen LogP contribution in [0.4, 0.5) is 0 Å². The molecule has 0 aliphatic carbocycles. The molecule has 0 radical (unpaired) electrons. The van der Waals surface area contributed by atoms with E-state index in [2.05, 4.69) is 20.8 Å². The van der Waals surface area contributed by atoms with Gasteiger partial charge in [0.25, 0.3) is 0 Å². The molecule has 0 saturated heterocycles. The van der Waals surface area contributed by atoms with Crippen molar-refractivity contribution in [3.05, 3.63) is 0 Å². The first-order valence-electron chi connectivity index (χ1n) is 5.85. The van der Waals surface area contributed by atoms with E-state index in [1.807, 2.05) is 16.9 Å². The van der Waals surface area contributed by atoms with Crippen molar-refractivity contribution in [3.63, 3.8) is 0 Å². The third-order valence-corrected chi connectivity index (χ3v) is 3.03. The minimum atomic E-state index is 0.608. The molecule has 0 aliphatic heterocycles. The quantitative estimate of drug-likeness (QED) is 0.449. The number of hydrogen-bond acceptors (Lipinski definition) is 0. The molecule has 0 rings (SSSR count). The van der Waals surface area contributed by atoms with Gasteiger partial charge in [-0.15, -0.1) is 0 Å². The fraction of sp³-hybridized carbons (Fsp3) is 1.00. The Bertz CT molecular complexity index is 102. The SMILES string of the molecule is CCCCCCCCCC(C)(C)[AsH2]. The van der Waals surface area contributed by atoms with E-state index in [9.17, 15) is 0 Å². The van der Waals surface area contributed by atoms with Crippen molar-refractivity contribution in [2.75, 3.05) is 0 Å². The Hall–Kier alpha value is 0.558. The minimum absolute atomic E-state index is 0.608. The molecule has 13 heavy (non-hydrogen) atoms. The van der Waals surface area contributed by atoms with Gasteiger partial charge in [-0.3, -0.25) is 0 Å². The first-order valence-corrected chi connectivity index (χ1v) is 7.06. The van der Waals surface area contributed by atoms with Gasteiger partial charge in [0.2, 0.25) is 0 Å². The average molecular weight is 246 g/mol. The van der Waals surface area contributed by atoms with Crippen molar-refractivity contribution in [2.45, 2.75) is 76.3 Å². The normalized spacial score (nSPS) is 12.0. The van der Waals surface area contributed by atoms with Crippen LogP contribution < -0.4 is 0 Å². The van der Waals surface area contributed by atoms with E-state index in [0.717, 1.165) is 0 Å². The zero-order chi connectivity index (χ0) is 10.2. The molecule has 0 saturated carbocycles. The molecule has 0 aromatic rings. The molecule has 0 heterocycles. The number of rotatable bonds is 8. The molecule has 0 fully saturated rings. The van der Waals surface area contributed by atoms with Gasteiger partial charge in [0.15, 0.2) is 0 Å². The Morgan fingerprint density at radius 1 is 0.846 bits per heavy atom. The zero-order valence-corrected chi connectivity index (χ0v) is 12.2. The van der Waals surface area contributed by atoms with E-state index in [4.69, 9.17) is 0 Å². The van der Waals surface area contributed by atoms with Crippen molar-refractivity contribution < 1.29 is 0 Å². The molecule has 0 aromatic heterocycles. The van der Waals surface area contributed by atoms with Gasteiger partial charge < -0.3 is 0 Å². The molecule has 0 nitrogen and oxygen atoms in total. The molecule has 0 N–H and O–H groups in total. The first kappa shape index (κ1) is 13.6. The van der Waals surface area contributed by atoms with E-state index in [1.165, 1.54) is 51.4 Å². The van der Waals surface area contributed by atoms with Crippen LogP contribution in [0.5, 0.6) is 0 Å². The van der Waals surface area contributed by atoms with E-state index in [1.54, 1.807) is 0 Å². The third-order valence-electron chi connectivity index (χ3n) is 2.42. The van der Waals surface area contributed by atoms with Gasteiger partial charge in [0.05, 0.1) is 0 Å². The van der Waals surface area contributed by atoms with E-state index in [0.29, 0.717) is 4.20 Å². The number of hydrogen-bond donors (Lipinski definition) is 0. The summed E-state index contributed by atoms with van der Waals surface area (Å²) in [5.74, 6) is 0. The van der Waals surface area contributed by atoms with Crippen LogP contribution in [0, 0.1) is 0 Å². The second-order valence-electron chi connectivity index (χ2n) is 4.86. The molecule has 0 amide bonds. The van der Waals surface area contributed by atoms with Gasteiger partial charge >= 0.3 is 93.2 Å². The summed E-state index contributed by atoms with van der Waals surface area (Å²) < 4.78 is 0.608. The summed E-state index contributed by atoms with van der Waals surface area (Å²) in [5, 5.41) is 0. The summed E-state index contributed by atoms with van der Waals surface area (Å²) in [6.07, 6.45) is 11.5. The Balaban J connectivity index is 3.00. The molecular weight excluding hydrogens is 219 g/mol. The van der Waals surface area contributed by atoms with Crippen LogP contribution in [-0.2, 0) is 0 Å². The van der Waals surface area contributed by atoms with E-state index in [-0.39, 0.29) is 0 Å². The fourth-order valence-electron chi connectivity index (χ4n) is 1.54.